The van der Waals surface area contributed by atoms with Crippen LogP contribution in [0.1, 0.15) is 58.3 Å². The lowest BCUT2D eigenvalue weighted by Crippen LogP contribution is -2.48. The fourth-order valence-corrected chi connectivity index (χ4v) is 3.44. The predicted molar refractivity (Wildman–Crippen MR) is 87.4 cm³/mol. The van der Waals surface area contributed by atoms with E-state index in [0.29, 0.717) is 6.04 Å². The third kappa shape index (κ3) is 5.59. The van der Waals surface area contributed by atoms with Crippen LogP contribution in [0.15, 0.2) is 0 Å². The average molecular weight is 295 g/mol. The van der Waals surface area contributed by atoms with Gasteiger partial charge in [-0.05, 0) is 52.7 Å². The van der Waals surface area contributed by atoms with Crippen LogP contribution < -0.4 is 5.32 Å². The van der Waals surface area contributed by atoms with Crippen LogP contribution in [-0.4, -0.2) is 61.0 Å². The van der Waals surface area contributed by atoms with Gasteiger partial charge in [0.1, 0.15) is 0 Å². The number of rotatable bonds is 6. The number of hydrogen-bond donors (Lipinski definition) is 1. The van der Waals surface area contributed by atoms with Crippen LogP contribution in [0, 0.1) is 0 Å². The molecule has 2 fully saturated rings. The van der Waals surface area contributed by atoms with Gasteiger partial charge in [0.25, 0.3) is 0 Å². The van der Waals surface area contributed by atoms with Gasteiger partial charge in [-0.2, -0.15) is 0 Å². The molecule has 1 N–H and O–H groups in total. The van der Waals surface area contributed by atoms with Gasteiger partial charge in [-0.1, -0.05) is 25.7 Å². The highest BCUT2D eigenvalue weighted by molar-refractivity contribution is 5.81. The summed E-state index contributed by atoms with van der Waals surface area (Å²) in [5.41, 5.74) is 0. The molecule has 1 saturated heterocycles. The highest BCUT2D eigenvalue weighted by atomic mass is 16.2. The van der Waals surface area contributed by atoms with Gasteiger partial charge in [0, 0.05) is 19.1 Å². The maximum absolute atomic E-state index is 12.3. The second kappa shape index (κ2) is 8.74. The fourth-order valence-electron chi connectivity index (χ4n) is 3.44. The van der Waals surface area contributed by atoms with Crippen LogP contribution in [0.5, 0.6) is 0 Å². The molecule has 1 aliphatic heterocycles. The molecule has 1 heterocycles. The summed E-state index contributed by atoms with van der Waals surface area (Å²) >= 11 is 0. The van der Waals surface area contributed by atoms with Crippen molar-refractivity contribution >= 4 is 5.91 Å². The number of likely N-dealkylation sites (N-methyl/N-ethyl adjacent to an activating group) is 1. The molecule has 1 aliphatic carbocycles. The highest BCUT2D eigenvalue weighted by Crippen LogP contribution is 2.18. The Labute approximate surface area is 130 Å². The van der Waals surface area contributed by atoms with Crippen molar-refractivity contribution in [2.24, 2.45) is 0 Å². The van der Waals surface area contributed by atoms with Crippen molar-refractivity contribution in [2.75, 3.05) is 33.2 Å². The Bertz CT molecular complexity index is 307. The molecule has 0 aromatic heterocycles. The van der Waals surface area contributed by atoms with Gasteiger partial charge in [0.15, 0.2) is 0 Å². The van der Waals surface area contributed by atoms with Gasteiger partial charge in [-0.15, -0.1) is 0 Å². The van der Waals surface area contributed by atoms with Crippen LogP contribution in [0.4, 0.5) is 0 Å². The zero-order chi connectivity index (χ0) is 15.1. The summed E-state index contributed by atoms with van der Waals surface area (Å²) in [6, 6.07) is 0.413. The Balaban J connectivity index is 1.68. The minimum absolute atomic E-state index is 0.0161. The summed E-state index contributed by atoms with van der Waals surface area (Å²) in [6.07, 6.45) is 10.3. The largest absolute Gasteiger partial charge is 0.352 e. The first-order valence-electron chi connectivity index (χ1n) is 8.90. The van der Waals surface area contributed by atoms with Crippen molar-refractivity contribution in [3.8, 4) is 0 Å². The van der Waals surface area contributed by atoms with Gasteiger partial charge < -0.3 is 10.2 Å². The van der Waals surface area contributed by atoms with Crippen LogP contribution in [0.25, 0.3) is 0 Å². The second-order valence-corrected chi connectivity index (χ2v) is 6.90. The lowest BCUT2D eigenvalue weighted by molar-refractivity contribution is -0.126. The standard InChI is InChI=1S/C17H33N3O/c1-15(17(21)18-16-9-5-6-10-16)19(2)13-14-20-11-7-3-4-8-12-20/h15-16H,3-14H2,1-2H3,(H,18,21)/t15-/m0/s1. The van der Waals surface area contributed by atoms with E-state index in [0.717, 1.165) is 25.9 Å². The topological polar surface area (TPSA) is 35.6 Å². The first kappa shape index (κ1) is 16.8. The average Bonchev–Trinajstić information content (AvgIpc) is 2.85. The van der Waals surface area contributed by atoms with Gasteiger partial charge in [0.05, 0.1) is 6.04 Å². The van der Waals surface area contributed by atoms with Gasteiger partial charge in [-0.25, -0.2) is 0 Å². The van der Waals surface area contributed by atoms with E-state index >= 15 is 0 Å². The molecule has 1 atom stereocenters. The Kier molecular flexibility index (Phi) is 6.97. The van der Waals surface area contributed by atoms with Crippen LogP contribution in [-0.2, 0) is 4.79 Å². The molecular weight excluding hydrogens is 262 g/mol. The molecule has 21 heavy (non-hydrogen) atoms. The lowest BCUT2D eigenvalue weighted by Gasteiger charge is -2.28. The van der Waals surface area contributed by atoms with E-state index in [1.807, 2.05) is 6.92 Å². The number of likely N-dealkylation sites (tertiary alicyclic amines) is 1. The molecule has 4 nitrogen and oxygen atoms in total. The third-order valence-corrected chi connectivity index (χ3v) is 5.21. The van der Waals surface area contributed by atoms with Crippen molar-refractivity contribution in [1.29, 1.82) is 0 Å². The van der Waals surface area contributed by atoms with Crippen molar-refractivity contribution < 1.29 is 4.79 Å². The number of nitrogens with one attached hydrogen (secondary N) is 1. The molecule has 4 heteroatoms. The first-order valence-corrected chi connectivity index (χ1v) is 8.90. The number of amides is 1. The molecule has 0 aromatic carbocycles. The number of carbonyl (C=O) groups is 1. The summed E-state index contributed by atoms with van der Waals surface area (Å²) in [5.74, 6) is 0.209. The van der Waals surface area contributed by atoms with E-state index in [4.69, 9.17) is 0 Å². The van der Waals surface area contributed by atoms with Crippen LogP contribution in [0.3, 0.4) is 0 Å². The summed E-state index contributed by atoms with van der Waals surface area (Å²) in [5, 5.41) is 3.21. The normalized spacial score (nSPS) is 23.2. The predicted octanol–water partition coefficient (Wildman–Crippen LogP) is 2.24. The smallest absolute Gasteiger partial charge is 0.237 e. The SMILES string of the molecule is C[C@@H](C(=O)NC1CCCC1)N(C)CCN1CCCCCC1. The molecule has 1 saturated carbocycles. The van der Waals surface area contributed by atoms with E-state index in [1.165, 1.54) is 51.6 Å². The lowest BCUT2D eigenvalue weighted by atomic mass is 10.2. The van der Waals surface area contributed by atoms with E-state index in [1.54, 1.807) is 0 Å². The Hall–Kier alpha value is -0.610. The van der Waals surface area contributed by atoms with E-state index in [-0.39, 0.29) is 11.9 Å². The minimum Gasteiger partial charge on any atom is -0.352 e. The Morgan fingerprint density at radius 2 is 1.76 bits per heavy atom. The summed E-state index contributed by atoms with van der Waals surface area (Å²) in [6.45, 7) is 6.58. The Morgan fingerprint density at radius 1 is 1.14 bits per heavy atom. The van der Waals surface area contributed by atoms with Crippen molar-refractivity contribution in [3.63, 3.8) is 0 Å². The van der Waals surface area contributed by atoms with Crippen LogP contribution >= 0.6 is 0 Å². The van der Waals surface area contributed by atoms with Crippen LogP contribution in [0.2, 0.25) is 0 Å². The number of nitrogens with zero attached hydrogens (tertiary/aromatic N) is 2. The number of carbonyl (C=O) groups excluding carboxylic acids is 1. The Morgan fingerprint density at radius 3 is 2.38 bits per heavy atom. The van der Waals surface area contributed by atoms with Gasteiger partial charge in [0.2, 0.25) is 5.91 Å². The van der Waals surface area contributed by atoms with E-state index in [9.17, 15) is 4.79 Å². The summed E-state index contributed by atoms with van der Waals surface area (Å²) < 4.78 is 0. The molecule has 0 aromatic rings. The monoisotopic (exact) mass is 295 g/mol. The van der Waals surface area contributed by atoms with Gasteiger partial charge in [-0.3, -0.25) is 9.69 Å². The first-order chi connectivity index (χ1) is 10.2. The molecule has 0 radical (unpaired) electrons. The molecule has 0 unspecified atom stereocenters. The second-order valence-electron chi connectivity index (χ2n) is 6.90. The highest BCUT2D eigenvalue weighted by Gasteiger charge is 2.23. The molecule has 2 rings (SSSR count). The molecular formula is C17H33N3O. The third-order valence-electron chi connectivity index (χ3n) is 5.21. The molecule has 2 aliphatic rings. The maximum atomic E-state index is 12.3. The zero-order valence-electron chi connectivity index (χ0n) is 13.9. The summed E-state index contributed by atoms with van der Waals surface area (Å²) in [7, 11) is 2.08. The van der Waals surface area contributed by atoms with Gasteiger partial charge >= 0.3 is 0 Å². The van der Waals surface area contributed by atoms with E-state index < -0.39 is 0 Å². The van der Waals surface area contributed by atoms with Crippen molar-refractivity contribution in [2.45, 2.75) is 70.4 Å². The number of hydrogen-bond acceptors (Lipinski definition) is 3. The van der Waals surface area contributed by atoms with Crippen molar-refractivity contribution in [1.82, 2.24) is 15.1 Å². The molecule has 0 bridgehead atoms. The van der Waals surface area contributed by atoms with Crippen molar-refractivity contribution in [3.05, 3.63) is 0 Å². The quantitative estimate of drug-likeness (QED) is 0.816. The molecule has 122 valence electrons. The zero-order valence-corrected chi connectivity index (χ0v) is 13.9. The molecule has 0 spiro atoms. The fraction of sp³-hybridized carbons (Fsp3) is 0.941. The molecule has 1 amide bonds. The van der Waals surface area contributed by atoms with E-state index in [2.05, 4.69) is 22.2 Å². The maximum Gasteiger partial charge on any atom is 0.237 e. The summed E-state index contributed by atoms with van der Waals surface area (Å²) in [4.78, 5) is 17.0. The minimum atomic E-state index is -0.0161.